The number of hydrogen-bond acceptors (Lipinski definition) is 3. The molecule has 4 nitrogen and oxygen atoms in total. The topological polar surface area (TPSA) is 58.2 Å². The molecule has 0 spiro atoms. The smallest absolute Gasteiger partial charge is 0.242 e. The minimum atomic E-state index is -3.67. The summed E-state index contributed by atoms with van der Waals surface area (Å²) in [5, 5.41) is 3.35. The number of nitrogens with one attached hydrogen (secondary N) is 2. The van der Waals surface area contributed by atoms with Crippen LogP contribution in [-0.4, -0.2) is 8.42 Å². The molecule has 3 aromatic carbocycles. The lowest BCUT2D eigenvalue weighted by Gasteiger charge is -2.23. The summed E-state index contributed by atoms with van der Waals surface area (Å²) in [7, 11) is -3.67. The van der Waals surface area contributed by atoms with Crippen LogP contribution in [0.15, 0.2) is 83.8 Å². The van der Waals surface area contributed by atoms with Gasteiger partial charge in [0, 0.05) is 5.69 Å². The lowest BCUT2D eigenvalue weighted by atomic mass is 10.1. The predicted molar refractivity (Wildman–Crippen MR) is 110 cm³/mol. The van der Waals surface area contributed by atoms with E-state index in [1.807, 2.05) is 43.3 Å². The highest BCUT2D eigenvalue weighted by atomic mass is 32.2. The molecule has 1 unspecified atom stereocenters. The number of aryl methyl sites for hydroxylation is 2. The van der Waals surface area contributed by atoms with Crippen molar-refractivity contribution in [1.82, 2.24) is 4.72 Å². The van der Waals surface area contributed by atoms with Crippen LogP contribution < -0.4 is 10.0 Å². The molecule has 3 aromatic rings. The lowest BCUT2D eigenvalue weighted by Crippen LogP contribution is -2.33. The van der Waals surface area contributed by atoms with E-state index in [0.29, 0.717) is 0 Å². The number of benzene rings is 3. The average molecular weight is 381 g/mol. The summed E-state index contributed by atoms with van der Waals surface area (Å²) in [5.74, 6) is 0. The van der Waals surface area contributed by atoms with Crippen LogP contribution in [0.1, 0.15) is 29.8 Å². The van der Waals surface area contributed by atoms with E-state index in [1.165, 1.54) is 5.56 Å². The molecule has 0 aromatic heterocycles. The van der Waals surface area contributed by atoms with Crippen LogP contribution in [0.25, 0.3) is 0 Å². The highest BCUT2D eigenvalue weighted by Gasteiger charge is 2.21. The minimum absolute atomic E-state index is 0.241. The third kappa shape index (κ3) is 4.76. The second kappa shape index (κ2) is 8.37. The normalized spacial score (nSPS) is 12.5. The molecule has 1 atom stereocenters. The number of sulfonamides is 1. The molecule has 2 N–H and O–H groups in total. The fourth-order valence-corrected chi connectivity index (χ4v) is 4.07. The van der Waals surface area contributed by atoms with Crippen LogP contribution in [-0.2, 0) is 16.4 Å². The molecule has 0 heterocycles. The Morgan fingerprint density at radius 3 is 2.11 bits per heavy atom. The molecular weight excluding hydrogens is 356 g/mol. The average Bonchev–Trinajstić information content (AvgIpc) is 2.70. The first kappa shape index (κ1) is 19.1. The van der Waals surface area contributed by atoms with E-state index < -0.39 is 16.2 Å². The number of rotatable bonds is 7. The molecule has 0 radical (unpaired) electrons. The number of hydrogen-bond donors (Lipinski definition) is 2. The van der Waals surface area contributed by atoms with Gasteiger partial charge in [0.2, 0.25) is 10.0 Å². The zero-order chi connectivity index (χ0) is 19.3. The zero-order valence-electron chi connectivity index (χ0n) is 15.5. The monoisotopic (exact) mass is 380 g/mol. The molecular formula is C22H24N2O2S. The molecule has 27 heavy (non-hydrogen) atoms. The quantitative estimate of drug-likeness (QED) is 0.587. The molecule has 5 heteroatoms. The van der Waals surface area contributed by atoms with Gasteiger partial charge in [0.15, 0.2) is 0 Å². The van der Waals surface area contributed by atoms with Crippen LogP contribution in [0.5, 0.6) is 0 Å². The van der Waals surface area contributed by atoms with Gasteiger partial charge in [-0.3, -0.25) is 0 Å². The summed E-state index contributed by atoms with van der Waals surface area (Å²) < 4.78 is 28.5. The zero-order valence-corrected chi connectivity index (χ0v) is 16.3. The van der Waals surface area contributed by atoms with E-state index in [4.69, 9.17) is 0 Å². The van der Waals surface area contributed by atoms with Crippen molar-refractivity contribution in [3.05, 3.63) is 95.6 Å². The van der Waals surface area contributed by atoms with Gasteiger partial charge >= 0.3 is 0 Å². The third-order valence-electron chi connectivity index (χ3n) is 4.46. The summed E-state index contributed by atoms with van der Waals surface area (Å²) in [4.78, 5) is 0.241. The van der Waals surface area contributed by atoms with Crippen molar-refractivity contribution in [2.45, 2.75) is 31.3 Å². The van der Waals surface area contributed by atoms with Crippen LogP contribution in [0, 0.1) is 6.92 Å². The third-order valence-corrected chi connectivity index (χ3v) is 5.90. The van der Waals surface area contributed by atoms with E-state index in [0.717, 1.165) is 23.2 Å². The first-order valence-electron chi connectivity index (χ1n) is 8.98. The Morgan fingerprint density at radius 2 is 1.52 bits per heavy atom. The Kier molecular flexibility index (Phi) is 5.94. The second-order valence-corrected chi connectivity index (χ2v) is 8.14. The first-order valence-corrected chi connectivity index (χ1v) is 10.5. The second-order valence-electron chi connectivity index (χ2n) is 6.43. The Balaban J connectivity index is 1.93. The molecule has 0 aliphatic carbocycles. The van der Waals surface area contributed by atoms with Crippen LogP contribution in [0.3, 0.4) is 0 Å². The fraction of sp³-hybridized carbons (Fsp3) is 0.182. The Morgan fingerprint density at radius 1 is 0.889 bits per heavy atom. The van der Waals surface area contributed by atoms with E-state index in [-0.39, 0.29) is 4.90 Å². The summed E-state index contributed by atoms with van der Waals surface area (Å²) in [5.41, 5.74) is 4.07. The van der Waals surface area contributed by atoms with Gasteiger partial charge < -0.3 is 5.32 Å². The summed E-state index contributed by atoms with van der Waals surface area (Å²) in [6.45, 7) is 4.14. The molecule has 3 rings (SSSR count). The standard InChI is InChI=1S/C22H24N2O2S/c1-3-18-14-15-21(17(2)16-18)23-22(19-10-6-4-7-11-19)24-27(25,26)20-12-8-5-9-13-20/h4-16,22-24H,3H2,1-2H3. The summed E-state index contributed by atoms with van der Waals surface area (Å²) >= 11 is 0. The van der Waals surface area contributed by atoms with E-state index in [9.17, 15) is 8.42 Å². The van der Waals surface area contributed by atoms with Crippen LogP contribution in [0.4, 0.5) is 5.69 Å². The van der Waals surface area contributed by atoms with E-state index >= 15 is 0 Å². The van der Waals surface area contributed by atoms with Crippen LogP contribution in [0.2, 0.25) is 0 Å². The molecule has 0 amide bonds. The number of anilines is 1. The molecule has 0 fully saturated rings. The van der Waals surface area contributed by atoms with Gasteiger partial charge in [0.05, 0.1) is 4.90 Å². The molecule has 0 aliphatic heterocycles. The van der Waals surface area contributed by atoms with Crippen molar-refractivity contribution < 1.29 is 8.42 Å². The Hall–Kier alpha value is -2.63. The van der Waals surface area contributed by atoms with Crippen molar-refractivity contribution in [3.8, 4) is 0 Å². The summed E-state index contributed by atoms with van der Waals surface area (Å²) in [6, 6.07) is 24.1. The van der Waals surface area contributed by atoms with Gasteiger partial charge in [-0.05, 0) is 48.2 Å². The molecule has 0 aliphatic rings. The highest BCUT2D eigenvalue weighted by molar-refractivity contribution is 7.89. The van der Waals surface area contributed by atoms with Crippen molar-refractivity contribution in [1.29, 1.82) is 0 Å². The lowest BCUT2D eigenvalue weighted by molar-refractivity contribution is 0.569. The highest BCUT2D eigenvalue weighted by Crippen LogP contribution is 2.24. The Bertz CT molecular complexity index is 987. The molecule has 0 bridgehead atoms. The van der Waals surface area contributed by atoms with E-state index in [1.54, 1.807) is 30.3 Å². The largest absolute Gasteiger partial charge is 0.365 e. The van der Waals surface area contributed by atoms with Gasteiger partial charge in [-0.15, -0.1) is 0 Å². The maximum Gasteiger partial charge on any atom is 0.242 e. The van der Waals surface area contributed by atoms with Crippen molar-refractivity contribution in [2.75, 3.05) is 5.32 Å². The SMILES string of the molecule is CCc1ccc(NC(NS(=O)(=O)c2ccccc2)c2ccccc2)c(C)c1. The maximum absolute atomic E-state index is 12.8. The van der Waals surface area contributed by atoms with Crippen LogP contribution >= 0.6 is 0 Å². The van der Waals surface area contributed by atoms with E-state index in [2.05, 4.69) is 29.1 Å². The fourth-order valence-electron chi connectivity index (χ4n) is 2.91. The minimum Gasteiger partial charge on any atom is -0.365 e. The van der Waals surface area contributed by atoms with Gasteiger partial charge in [0.25, 0.3) is 0 Å². The van der Waals surface area contributed by atoms with Gasteiger partial charge in [-0.2, -0.15) is 4.72 Å². The first-order chi connectivity index (χ1) is 13.0. The molecule has 0 saturated carbocycles. The van der Waals surface area contributed by atoms with Gasteiger partial charge in [-0.1, -0.05) is 67.6 Å². The van der Waals surface area contributed by atoms with Crippen molar-refractivity contribution in [3.63, 3.8) is 0 Å². The van der Waals surface area contributed by atoms with Gasteiger partial charge in [-0.25, -0.2) is 8.42 Å². The van der Waals surface area contributed by atoms with Crippen molar-refractivity contribution >= 4 is 15.7 Å². The molecule has 0 saturated heterocycles. The Labute approximate surface area is 161 Å². The summed E-state index contributed by atoms with van der Waals surface area (Å²) in [6.07, 6.45) is 0.381. The maximum atomic E-state index is 12.8. The van der Waals surface area contributed by atoms with Crippen molar-refractivity contribution in [2.24, 2.45) is 0 Å². The molecule has 140 valence electrons. The van der Waals surface area contributed by atoms with Gasteiger partial charge in [0.1, 0.15) is 6.17 Å². The predicted octanol–water partition coefficient (Wildman–Crippen LogP) is 4.65.